The van der Waals surface area contributed by atoms with Gasteiger partial charge in [0, 0.05) is 20.2 Å². The van der Waals surface area contributed by atoms with Gasteiger partial charge < -0.3 is 10.4 Å². The van der Waals surface area contributed by atoms with Gasteiger partial charge in [0.25, 0.3) is 0 Å². The summed E-state index contributed by atoms with van der Waals surface area (Å²) in [7, 11) is 1.60. The third-order valence-corrected chi connectivity index (χ3v) is 4.40. The molecule has 1 aliphatic carbocycles. The Bertz CT molecular complexity index is 523. The van der Waals surface area contributed by atoms with Gasteiger partial charge in [-0.3, -0.25) is 9.36 Å². The average Bonchev–Trinajstić information content (AvgIpc) is 2.79. The van der Waals surface area contributed by atoms with Gasteiger partial charge in [0.05, 0.1) is 0 Å². The molecule has 0 spiro atoms. The lowest BCUT2D eigenvalue weighted by Gasteiger charge is -2.37. The Balaban J connectivity index is 1.90. The Kier molecular flexibility index (Phi) is 5.17. The summed E-state index contributed by atoms with van der Waals surface area (Å²) in [6.07, 6.45) is 7.71. The molecule has 0 atom stereocenters. The highest BCUT2D eigenvalue weighted by Crippen LogP contribution is 2.38. The standard InChI is InChI=1S/C14H24N4O3/c1-17-11-16-18(13(17)21)9-12(20)15-10-14(7-8-19)5-3-2-4-6-14/h11,19H,2-10H2,1H3,(H,15,20). The van der Waals surface area contributed by atoms with Crippen molar-refractivity contribution in [3.63, 3.8) is 0 Å². The van der Waals surface area contributed by atoms with Crippen LogP contribution in [0, 0.1) is 5.41 Å². The van der Waals surface area contributed by atoms with E-state index in [1.165, 1.54) is 17.3 Å². The first-order valence-electron chi connectivity index (χ1n) is 7.52. The van der Waals surface area contributed by atoms with E-state index >= 15 is 0 Å². The molecule has 21 heavy (non-hydrogen) atoms. The number of aliphatic hydroxyl groups is 1. The maximum Gasteiger partial charge on any atom is 0.345 e. The molecule has 118 valence electrons. The second kappa shape index (κ2) is 6.89. The van der Waals surface area contributed by atoms with Crippen molar-refractivity contribution in [1.82, 2.24) is 19.7 Å². The van der Waals surface area contributed by atoms with E-state index in [4.69, 9.17) is 0 Å². The summed E-state index contributed by atoms with van der Waals surface area (Å²) in [5, 5.41) is 16.0. The van der Waals surface area contributed by atoms with Gasteiger partial charge in [-0.15, -0.1) is 0 Å². The fourth-order valence-electron chi connectivity index (χ4n) is 3.06. The number of hydrogen-bond donors (Lipinski definition) is 2. The van der Waals surface area contributed by atoms with Gasteiger partial charge in [-0.25, -0.2) is 9.48 Å². The van der Waals surface area contributed by atoms with Crippen molar-refractivity contribution >= 4 is 5.91 Å². The van der Waals surface area contributed by atoms with Gasteiger partial charge in [0.1, 0.15) is 12.9 Å². The minimum Gasteiger partial charge on any atom is -0.396 e. The van der Waals surface area contributed by atoms with Gasteiger partial charge in [-0.05, 0) is 24.7 Å². The van der Waals surface area contributed by atoms with Gasteiger partial charge in [-0.1, -0.05) is 19.3 Å². The van der Waals surface area contributed by atoms with Crippen LogP contribution in [0.4, 0.5) is 0 Å². The van der Waals surface area contributed by atoms with Crippen molar-refractivity contribution in [3.8, 4) is 0 Å². The van der Waals surface area contributed by atoms with Crippen molar-refractivity contribution in [1.29, 1.82) is 0 Å². The number of amides is 1. The van der Waals surface area contributed by atoms with E-state index in [2.05, 4.69) is 10.4 Å². The second-order valence-electron chi connectivity index (χ2n) is 5.99. The van der Waals surface area contributed by atoms with Crippen LogP contribution in [0.1, 0.15) is 38.5 Å². The topological polar surface area (TPSA) is 89.2 Å². The summed E-state index contributed by atoms with van der Waals surface area (Å²) in [4.78, 5) is 23.6. The number of carbonyl (C=O) groups is 1. The highest BCUT2D eigenvalue weighted by atomic mass is 16.3. The Hall–Kier alpha value is -1.63. The molecule has 0 radical (unpaired) electrons. The molecule has 7 heteroatoms. The molecule has 0 unspecified atom stereocenters. The lowest BCUT2D eigenvalue weighted by atomic mass is 9.72. The lowest BCUT2D eigenvalue weighted by Crippen LogP contribution is -2.42. The van der Waals surface area contributed by atoms with Crippen LogP contribution < -0.4 is 11.0 Å². The molecule has 1 aromatic heterocycles. The molecule has 1 amide bonds. The number of aliphatic hydroxyl groups excluding tert-OH is 1. The number of nitrogens with one attached hydrogen (secondary N) is 1. The molecule has 1 saturated carbocycles. The molecule has 0 bridgehead atoms. The van der Waals surface area contributed by atoms with Crippen molar-refractivity contribution in [2.45, 2.75) is 45.1 Å². The Labute approximate surface area is 124 Å². The van der Waals surface area contributed by atoms with E-state index < -0.39 is 0 Å². The maximum absolute atomic E-state index is 12.0. The van der Waals surface area contributed by atoms with Gasteiger partial charge in [-0.2, -0.15) is 5.10 Å². The first-order valence-corrected chi connectivity index (χ1v) is 7.52. The van der Waals surface area contributed by atoms with E-state index in [-0.39, 0.29) is 30.2 Å². The normalized spacial score (nSPS) is 17.6. The number of rotatable bonds is 6. The van der Waals surface area contributed by atoms with Crippen LogP contribution in [0.3, 0.4) is 0 Å². The lowest BCUT2D eigenvalue weighted by molar-refractivity contribution is -0.122. The number of aromatic nitrogens is 3. The summed E-state index contributed by atoms with van der Waals surface area (Å²) in [6, 6.07) is 0. The van der Waals surface area contributed by atoms with Crippen molar-refractivity contribution < 1.29 is 9.90 Å². The third kappa shape index (κ3) is 3.93. The van der Waals surface area contributed by atoms with Gasteiger partial charge in [0.2, 0.25) is 5.91 Å². The number of carbonyl (C=O) groups excluding carboxylic acids is 1. The SMILES string of the molecule is Cn1cnn(CC(=O)NCC2(CCO)CCCCC2)c1=O. The Morgan fingerprint density at radius 1 is 1.43 bits per heavy atom. The van der Waals surface area contributed by atoms with E-state index in [9.17, 15) is 14.7 Å². The third-order valence-electron chi connectivity index (χ3n) is 4.40. The van der Waals surface area contributed by atoms with Gasteiger partial charge in [0.15, 0.2) is 0 Å². The summed E-state index contributed by atoms with van der Waals surface area (Å²) in [5.41, 5.74) is -0.287. The van der Waals surface area contributed by atoms with Crippen LogP contribution in [0.5, 0.6) is 0 Å². The van der Waals surface area contributed by atoms with Gasteiger partial charge >= 0.3 is 5.69 Å². The minimum atomic E-state index is -0.298. The van der Waals surface area contributed by atoms with Crippen LogP contribution in [0.2, 0.25) is 0 Å². The van der Waals surface area contributed by atoms with Crippen molar-refractivity contribution in [2.24, 2.45) is 12.5 Å². The maximum atomic E-state index is 12.0. The van der Waals surface area contributed by atoms with Crippen LogP contribution >= 0.6 is 0 Å². The van der Waals surface area contributed by atoms with E-state index in [0.717, 1.165) is 36.8 Å². The summed E-state index contributed by atoms with van der Waals surface area (Å²) in [5.74, 6) is -0.210. The van der Waals surface area contributed by atoms with Crippen LogP contribution in [-0.2, 0) is 18.4 Å². The van der Waals surface area contributed by atoms with Crippen LogP contribution in [-0.4, -0.2) is 38.5 Å². The Morgan fingerprint density at radius 3 is 2.71 bits per heavy atom. The monoisotopic (exact) mass is 296 g/mol. The van der Waals surface area contributed by atoms with Crippen molar-refractivity contribution in [3.05, 3.63) is 16.8 Å². The highest BCUT2D eigenvalue weighted by Gasteiger charge is 2.31. The molecule has 0 saturated heterocycles. The predicted molar refractivity (Wildman–Crippen MR) is 77.7 cm³/mol. The van der Waals surface area contributed by atoms with E-state index in [0.29, 0.717) is 6.54 Å². The van der Waals surface area contributed by atoms with E-state index in [1.807, 2.05) is 0 Å². The first kappa shape index (κ1) is 15.8. The number of aryl methyl sites for hydroxylation is 1. The molecule has 7 nitrogen and oxygen atoms in total. The zero-order valence-corrected chi connectivity index (χ0v) is 12.5. The molecule has 2 rings (SSSR count). The number of nitrogens with zero attached hydrogens (tertiary/aromatic N) is 3. The van der Waals surface area contributed by atoms with E-state index in [1.54, 1.807) is 7.05 Å². The van der Waals surface area contributed by atoms with Crippen molar-refractivity contribution in [2.75, 3.05) is 13.2 Å². The second-order valence-corrected chi connectivity index (χ2v) is 5.99. The largest absolute Gasteiger partial charge is 0.396 e. The highest BCUT2D eigenvalue weighted by molar-refractivity contribution is 5.75. The first-order chi connectivity index (χ1) is 10.1. The number of hydrogen-bond acceptors (Lipinski definition) is 4. The fourth-order valence-corrected chi connectivity index (χ4v) is 3.06. The molecule has 0 aliphatic heterocycles. The molecule has 1 fully saturated rings. The average molecular weight is 296 g/mol. The predicted octanol–water partition coefficient (Wildman–Crippen LogP) is 0.0309. The summed E-state index contributed by atoms with van der Waals surface area (Å²) < 4.78 is 2.48. The summed E-state index contributed by atoms with van der Waals surface area (Å²) in [6.45, 7) is 0.651. The molecular weight excluding hydrogens is 272 g/mol. The quantitative estimate of drug-likeness (QED) is 0.775. The summed E-state index contributed by atoms with van der Waals surface area (Å²) >= 11 is 0. The minimum absolute atomic E-state index is 0.0116. The molecule has 1 aromatic rings. The fraction of sp³-hybridized carbons (Fsp3) is 0.786. The molecule has 1 aliphatic rings. The smallest absolute Gasteiger partial charge is 0.345 e. The zero-order chi connectivity index (χ0) is 15.3. The molecule has 0 aromatic carbocycles. The van der Waals surface area contributed by atoms with Crippen LogP contribution in [0.15, 0.2) is 11.1 Å². The molecular formula is C14H24N4O3. The molecule has 1 heterocycles. The Morgan fingerprint density at radius 2 is 2.14 bits per heavy atom. The molecule has 2 N–H and O–H groups in total. The zero-order valence-electron chi connectivity index (χ0n) is 12.5. The van der Waals surface area contributed by atoms with Crippen LogP contribution in [0.25, 0.3) is 0 Å².